The number of nitrogens with two attached hydrogens (primary N) is 1. The first-order valence-corrected chi connectivity index (χ1v) is 7.21. The molecule has 3 N–H and O–H groups in total. The first-order chi connectivity index (χ1) is 9.09. The van der Waals surface area contributed by atoms with Crippen molar-refractivity contribution in [3.63, 3.8) is 0 Å². The molecule has 0 heterocycles. The van der Waals surface area contributed by atoms with Crippen molar-refractivity contribution in [1.82, 2.24) is 0 Å². The van der Waals surface area contributed by atoms with E-state index in [-0.39, 0.29) is 5.54 Å². The smallest absolute Gasteiger partial charge is 0.119 e. The molecular formula is C16H28N2O. The SMILES string of the molecule is CCC(C)CC(CC)(CN)Nc1ccc(OC)cc1. The van der Waals surface area contributed by atoms with Gasteiger partial charge in [-0.1, -0.05) is 27.2 Å². The molecule has 108 valence electrons. The number of rotatable bonds is 8. The summed E-state index contributed by atoms with van der Waals surface area (Å²) in [5.74, 6) is 1.55. The summed E-state index contributed by atoms with van der Waals surface area (Å²) < 4.78 is 5.18. The van der Waals surface area contributed by atoms with E-state index in [1.807, 2.05) is 12.1 Å². The van der Waals surface area contributed by atoms with Crippen LogP contribution >= 0.6 is 0 Å². The van der Waals surface area contributed by atoms with E-state index in [9.17, 15) is 0 Å². The highest BCUT2D eigenvalue weighted by Crippen LogP contribution is 2.27. The average Bonchev–Trinajstić information content (AvgIpc) is 2.47. The number of ether oxygens (including phenoxy) is 1. The van der Waals surface area contributed by atoms with Crippen molar-refractivity contribution in [3.8, 4) is 5.75 Å². The van der Waals surface area contributed by atoms with Crippen LogP contribution < -0.4 is 15.8 Å². The lowest BCUT2D eigenvalue weighted by Gasteiger charge is -2.36. The molecule has 0 saturated heterocycles. The van der Waals surface area contributed by atoms with Crippen molar-refractivity contribution in [1.29, 1.82) is 0 Å². The lowest BCUT2D eigenvalue weighted by molar-refractivity contribution is 0.346. The van der Waals surface area contributed by atoms with Crippen molar-refractivity contribution in [2.75, 3.05) is 19.0 Å². The van der Waals surface area contributed by atoms with Gasteiger partial charge in [0.05, 0.1) is 7.11 Å². The summed E-state index contributed by atoms with van der Waals surface area (Å²) in [5.41, 5.74) is 7.14. The predicted molar refractivity (Wildman–Crippen MR) is 82.8 cm³/mol. The van der Waals surface area contributed by atoms with Crippen LogP contribution in [0.4, 0.5) is 5.69 Å². The number of hydrogen-bond acceptors (Lipinski definition) is 3. The molecule has 0 aromatic heterocycles. The summed E-state index contributed by atoms with van der Waals surface area (Å²) in [5, 5.41) is 3.63. The lowest BCUT2D eigenvalue weighted by atomic mass is 9.84. The van der Waals surface area contributed by atoms with Gasteiger partial charge in [-0.3, -0.25) is 0 Å². The fourth-order valence-electron chi connectivity index (χ4n) is 2.35. The van der Waals surface area contributed by atoms with E-state index in [2.05, 4.69) is 38.2 Å². The minimum absolute atomic E-state index is 0.00991. The highest BCUT2D eigenvalue weighted by molar-refractivity contribution is 5.48. The van der Waals surface area contributed by atoms with E-state index >= 15 is 0 Å². The molecule has 0 saturated carbocycles. The Labute approximate surface area is 117 Å². The molecule has 1 rings (SSSR count). The zero-order chi connectivity index (χ0) is 14.3. The second-order valence-corrected chi connectivity index (χ2v) is 5.41. The fourth-order valence-corrected chi connectivity index (χ4v) is 2.35. The number of methoxy groups -OCH3 is 1. The minimum atomic E-state index is -0.00991. The van der Waals surface area contributed by atoms with Crippen LogP contribution in [0, 0.1) is 5.92 Å². The van der Waals surface area contributed by atoms with Crippen LogP contribution in [0.5, 0.6) is 5.75 Å². The summed E-state index contributed by atoms with van der Waals surface area (Å²) in [6, 6.07) is 8.05. The highest BCUT2D eigenvalue weighted by Gasteiger charge is 2.28. The maximum atomic E-state index is 6.04. The largest absolute Gasteiger partial charge is 0.497 e. The van der Waals surface area contributed by atoms with Gasteiger partial charge < -0.3 is 15.8 Å². The Balaban J connectivity index is 2.81. The van der Waals surface area contributed by atoms with Crippen LogP contribution in [0.15, 0.2) is 24.3 Å². The molecule has 2 atom stereocenters. The van der Waals surface area contributed by atoms with Crippen LogP contribution in [0.3, 0.4) is 0 Å². The molecule has 3 heteroatoms. The Morgan fingerprint density at radius 1 is 1.26 bits per heavy atom. The second-order valence-electron chi connectivity index (χ2n) is 5.41. The van der Waals surface area contributed by atoms with Gasteiger partial charge in [0, 0.05) is 17.8 Å². The second kappa shape index (κ2) is 7.39. The van der Waals surface area contributed by atoms with Gasteiger partial charge in [-0.15, -0.1) is 0 Å². The molecule has 2 unspecified atom stereocenters. The van der Waals surface area contributed by atoms with E-state index < -0.39 is 0 Å². The van der Waals surface area contributed by atoms with Crippen molar-refractivity contribution < 1.29 is 4.74 Å². The maximum Gasteiger partial charge on any atom is 0.119 e. The van der Waals surface area contributed by atoms with E-state index in [4.69, 9.17) is 10.5 Å². The molecule has 0 spiro atoms. The quantitative estimate of drug-likeness (QED) is 0.753. The number of anilines is 1. The van der Waals surface area contributed by atoms with Crippen LogP contribution in [0.2, 0.25) is 0 Å². The Morgan fingerprint density at radius 2 is 1.89 bits per heavy atom. The molecule has 19 heavy (non-hydrogen) atoms. The fraction of sp³-hybridized carbons (Fsp3) is 0.625. The molecule has 0 amide bonds. The molecule has 0 aliphatic rings. The summed E-state index contributed by atoms with van der Waals surface area (Å²) in [7, 11) is 1.68. The van der Waals surface area contributed by atoms with Crippen LogP contribution in [0.25, 0.3) is 0 Å². The Hall–Kier alpha value is -1.22. The molecule has 1 aromatic rings. The third kappa shape index (κ3) is 4.43. The molecule has 0 aliphatic heterocycles. The zero-order valence-electron chi connectivity index (χ0n) is 12.7. The van der Waals surface area contributed by atoms with Gasteiger partial charge in [0.2, 0.25) is 0 Å². The molecule has 1 aromatic carbocycles. The van der Waals surface area contributed by atoms with E-state index in [0.717, 1.165) is 24.3 Å². The van der Waals surface area contributed by atoms with Crippen LogP contribution in [-0.2, 0) is 0 Å². The van der Waals surface area contributed by atoms with Gasteiger partial charge in [0.25, 0.3) is 0 Å². The van der Waals surface area contributed by atoms with E-state index in [1.54, 1.807) is 7.11 Å². The van der Waals surface area contributed by atoms with Crippen molar-refractivity contribution in [2.45, 2.75) is 45.6 Å². The number of benzene rings is 1. The monoisotopic (exact) mass is 264 g/mol. The van der Waals surface area contributed by atoms with Gasteiger partial charge >= 0.3 is 0 Å². The van der Waals surface area contributed by atoms with Crippen LogP contribution in [0.1, 0.15) is 40.0 Å². The standard InChI is InChI=1S/C16H28N2O/c1-5-13(3)11-16(6-2,12-17)18-14-7-9-15(19-4)10-8-14/h7-10,13,18H,5-6,11-12,17H2,1-4H3. The molecule has 0 fully saturated rings. The zero-order valence-corrected chi connectivity index (χ0v) is 12.7. The average molecular weight is 264 g/mol. The lowest BCUT2D eigenvalue weighted by Crippen LogP contribution is -2.46. The van der Waals surface area contributed by atoms with Crippen LogP contribution in [-0.4, -0.2) is 19.2 Å². The van der Waals surface area contributed by atoms with Gasteiger partial charge in [0.15, 0.2) is 0 Å². The Kier molecular flexibility index (Phi) is 6.16. The van der Waals surface area contributed by atoms with Crippen molar-refractivity contribution in [3.05, 3.63) is 24.3 Å². The third-order valence-corrected chi connectivity index (χ3v) is 4.00. The van der Waals surface area contributed by atoms with Crippen molar-refractivity contribution in [2.24, 2.45) is 11.7 Å². The van der Waals surface area contributed by atoms with Gasteiger partial charge in [-0.25, -0.2) is 0 Å². The van der Waals surface area contributed by atoms with Gasteiger partial charge in [0.1, 0.15) is 5.75 Å². The predicted octanol–water partition coefficient (Wildman–Crippen LogP) is 3.65. The molecule has 0 bridgehead atoms. The third-order valence-electron chi connectivity index (χ3n) is 4.00. The summed E-state index contributed by atoms with van der Waals surface area (Å²) in [6.45, 7) is 7.37. The molecule has 0 radical (unpaired) electrons. The first-order valence-electron chi connectivity index (χ1n) is 7.21. The minimum Gasteiger partial charge on any atom is -0.497 e. The topological polar surface area (TPSA) is 47.3 Å². The van der Waals surface area contributed by atoms with Crippen molar-refractivity contribution >= 4 is 5.69 Å². The number of hydrogen-bond donors (Lipinski definition) is 2. The maximum absolute atomic E-state index is 6.04. The summed E-state index contributed by atoms with van der Waals surface area (Å²) in [4.78, 5) is 0. The molecule has 3 nitrogen and oxygen atoms in total. The summed E-state index contributed by atoms with van der Waals surface area (Å²) >= 11 is 0. The normalized spacial score (nSPS) is 15.6. The number of nitrogens with one attached hydrogen (secondary N) is 1. The Bertz CT molecular complexity index is 358. The van der Waals surface area contributed by atoms with Gasteiger partial charge in [-0.2, -0.15) is 0 Å². The highest BCUT2D eigenvalue weighted by atomic mass is 16.5. The first kappa shape index (κ1) is 15.8. The van der Waals surface area contributed by atoms with E-state index in [0.29, 0.717) is 12.5 Å². The van der Waals surface area contributed by atoms with Gasteiger partial charge in [-0.05, 0) is 43.0 Å². The molecular weight excluding hydrogens is 236 g/mol. The molecule has 0 aliphatic carbocycles. The summed E-state index contributed by atoms with van der Waals surface area (Å²) in [6.07, 6.45) is 3.31. The van der Waals surface area contributed by atoms with E-state index in [1.165, 1.54) is 6.42 Å². The Morgan fingerprint density at radius 3 is 2.32 bits per heavy atom.